The van der Waals surface area contributed by atoms with Gasteiger partial charge in [0.25, 0.3) is 0 Å². The van der Waals surface area contributed by atoms with Crippen LogP contribution in [0, 0.1) is 0 Å². The van der Waals surface area contributed by atoms with E-state index in [0.29, 0.717) is 6.42 Å². The number of rotatable bonds is 4. The Labute approximate surface area is 92.2 Å². The Balaban J connectivity index is 2.64. The van der Waals surface area contributed by atoms with Gasteiger partial charge in [-0.1, -0.05) is 6.07 Å². The zero-order valence-electron chi connectivity index (χ0n) is 8.65. The lowest BCUT2D eigenvalue weighted by Crippen LogP contribution is -2.41. The fourth-order valence-electron chi connectivity index (χ4n) is 1.21. The lowest BCUT2D eigenvalue weighted by molar-refractivity contribution is -0.144. The summed E-state index contributed by atoms with van der Waals surface area (Å²) in [6.07, 6.45) is 0.476. The summed E-state index contributed by atoms with van der Waals surface area (Å²) in [5.74, 6) is -0.652. The van der Waals surface area contributed by atoms with E-state index in [1.807, 2.05) is 17.5 Å². The van der Waals surface area contributed by atoms with E-state index in [9.17, 15) is 9.59 Å². The molecule has 0 aliphatic rings. The lowest BCUT2D eigenvalue weighted by atomic mass is 10.2. The number of esters is 1. The molecule has 5 heteroatoms. The smallest absolute Gasteiger partial charge is 0.328 e. The second-order valence-corrected chi connectivity index (χ2v) is 4.09. The molecule has 0 spiro atoms. The van der Waals surface area contributed by atoms with Crippen LogP contribution < -0.4 is 5.32 Å². The SMILES string of the molecule is COC(=O)[C@H](Cc1cccs1)NC(C)=O. The third-order valence-electron chi connectivity index (χ3n) is 1.85. The molecule has 0 bridgehead atoms. The maximum atomic E-state index is 11.3. The van der Waals surface area contributed by atoms with Crippen molar-refractivity contribution in [1.82, 2.24) is 5.32 Å². The van der Waals surface area contributed by atoms with Gasteiger partial charge in [-0.2, -0.15) is 0 Å². The van der Waals surface area contributed by atoms with E-state index in [4.69, 9.17) is 0 Å². The molecule has 1 atom stereocenters. The van der Waals surface area contributed by atoms with Crippen LogP contribution in [0.25, 0.3) is 0 Å². The molecule has 0 radical (unpaired) electrons. The van der Waals surface area contributed by atoms with Gasteiger partial charge >= 0.3 is 5.97 Å². The molecule has 0 unspecified atom stereocenters. The molecular formula is C10H13NO3S. The summed E-state index contributed by atoms with van der Waals surface area (Å²) in [4.78, 5) is 23.3. The van der Waals surface area contributed by atoms with Crippen molar-refractivity contribution in [3.63, 3.8) is 0 Å². The van der Waals surface area contributed by atoms with E-state index in [0.717, 1.165) is 4.88 Å². The minimum absolute atomic E-state index is 0.234. The number of nitrogens with one attached hydrogen (secondary N) is 1. The third-order valence-corrected chi connectivity index (χ3v) is 2.75. The second kappa shape index (κ2) is 5.50. The highest BCUT2D eigenvalue weighted by atomic mass is 32.1. The number of ether oxygens (including phenoxy) is 1. The Morgan fingerprint density at radius 1 is 1.60 bits per heavy atom. The van der Waals surface area contributed by atoms with Crippen molar-refractivity contribution in [2.75, 3.05) is 7.11 Å². The Hall–Kier alpha value is -1.36. The van der Waals surface area contributed by atoms with Crippen LogP contribution in [-0.2, 0) is 20.7 Å². The first kappa shape index (κ1) is 11.7. The minimum Gasteiger partial charge on any atom is -0.467 e. The molecule has 1 aromatic rings. The van der Waals surface area contributed by atoms with Gasteiger partial charge in [-0.15, -0.1) is 11.3 Å². The van der Waals surface area contributed by atoms with Crippen molar-refractivity contribution < 1.29 is 14.3 Å². The largest absolute Gasteiger partial charge is 0.467 e. The highest BCUT2D eigenvalue weighted by molar-refractivity contribution is 7.09. The molecule has 4 nitrogen and oxygen atoms in total. The van der Waals surface area contributed by atoms with Crippen molar-refractivity contribution in [1.29, 1.82) is 0 Å². The zero-order chi connectivity index (χ0) is 11.3. The van der Waals surface area contributed by atoms with Crippen molar-refractivity contribution >= 4 is 23.2 Å². The van der Waals surface area contributed by atoms with Gasteiger partial charge in [0, 0.05) is 18.2 Å². The molecule has 1 aromatic heterocycles. The monoisotopic (exact) mass is 227 g/mol. The number of thiophene rings is 1. The number of carbonyl (C=O) groups excluding carboxylic acids is 2. The Kier molecular flexibility index (Phi) is 4.30. The first-order chi connectivity index (χ1) is 7.13. The van der Waals surface area contributed by atoms with Crippen LogP contribution in [-0.4, -0.2) is 25.0 Å². The van der Waals surface area contributed by atoms with Gasteiger partial charge in [0.15, 0.2) is 0 Å². The van der Waals surface area contributed by atoms with Gasteiger partial charge in [0.05, 0.1) is 7.11 Å². The molecular weight excluding hydrogens is 214 g/mol. The number of hydrogen-bond acceptors (Lipinski definition) is 4. The average Bonchev–Trinajstić information content (AvgIpc) is 2.67. The number of hydrogen-bond donors (Lipinski definition) is 1. The number of methoxy groups -OCH3 is 1. The van der Waals surface area contributed by atoms with E-state index < -0.39 is 12.0 Å². The van der Waals surface area contributed by atoms with E-state index >= 15 is 0 Å². The van der Waals surface area contributed by atoms with E-state index in [1.54, 1.807) is 11.3 Å². The topological polar surface area (TPSA) is 55.4 Å². The summed E-state index contributed by atoms with van der Waals surface area (Å²) in [6, 6.07) is 3.23. The molecule has 1 rings (SSSR count). The zero-order valence-corrected chi connectivity index (χ0v) is 9.47. The van der Waals surface area contributed by atoms with Gasteiger partial charge in [-0.3, -0.25) is 4.79 Å². The fraction of sp³-hybridized carbons (Fsp3) is 0.400. The van der Waals surface area contributed by atoms with Gasteiger partial charge < -0.3 is 10.1 Å². The van der Waals surface area contributed by atoms with Crippen LogP contribution in [0.3, 0.4) is 0 Å². The first-order valence-electron chi connectivity index (χ1n) is 4.50. The second-order valence-electron chi connectivity index (χ2n) is 3.06. The van der Waals surface area contributed by atoms with Crippen molar-refractivity contribution in [2.24, 2.45) is 0 Å². The predicted octanol–water partition coefficient (Wildman–Crippen LogP) is 0.968. The highest BCUT2D eigenvalue weighted by Crippen LogP contribution is 2.11. The van der Waals surface area contributed by atoms with Crippen LogP contribution >= 0.6 is 11.3 Å². The molecule has 0 aromatic carbocycles. The van der Waals surface area contributed by atoms with Crippen molar-refractivity contribution in [3.05, 3.63) is 22.4 Å². The maximum Gasteiger partial charge on any atom is 0.328 e. The average molecular weight is 227 g/mol. The molecule has 0 aliphatic heterocycles. The third kappa shape index (κ3) is 3.71. The Morgan fingerprint density at radius 2 is 2.33 bits per heavy atom. The fourth-order valence-corrected chi connectivity index (χ4v) is 1.96. The van der Waals surface area contributed by atoms with Crippen LogP contribution in [0.15, 0.2) is 17.5 Å². The van der Waals surface area contributed by atoms with Gasteiger partial charge in [-0.25, -0.2) is 4.79 Å². The molecule has 82 valence electrons. The summed E-state index contributed by atoms with van der Waals surface area (Å²) < 4.78 is 4.61. The van der Waals surface area contributed by atoms with E-state index in [-0.39, 0.29) is 5.91 Å². The molecule has 1 N–H and O–H groups in total. The van der Waals surface area contributed by atoms with Crippen LogP contribution in [0.5, 0.6) is 0 Å². The summed E-state index contributed by atoms with van der Waals surface area (Å²) in [7, 11) is 1.31. The summed E-state index contributed by atoms with van der Waals surface area (Å²) >= 11 is 1.55. The Morgan fingerprint density at radius 3 is 2.80 bits per heavy atom. The van der Waals surface area contributed by atoms with Crippen molar-refractivity contribution in [2.45, 2.75) is 19.4 Å². The van der Waals surface area contributed by atoms with Crippen molar-refractivity contribution in [3.8, 4) is 0 Å². The van der Waals surface area contributed by atoms with E-state index in [1.165, 1.54) is 14.0 Å². The summed E-state index contributed by atoms with van der Waals surface area (Å²) in [5, 5.41) is 4.49. The Bertz CT molecular complexity index is 334. The number of amides is 1. The molecule has 0 fully saturated rings. The molecule has 0 saturated carbocycles. The van der Waals surface area contributed by atoms with Crippen LogP contribution in [0.4, 0.5) is 0 Å². The predicted molar refractivity (Wildman–Crippen MR) is 57.6 cm³/mol. The first-order valence-corrected chi connectivity index (χ1v) is 5.38. The summed E-state index contributed by atoms with van der Waals surface area (Å²) in [5.41, 5.74) is 0. The van der Waals surface area contributed by atoms with Gasteiger partial charge in [-0.05, 0) is 11.4 Å². The lowest BCUT2D eigenvalue weighted by Gasteiger charge is -2.14. The quantitative estimate of drug-likeness (QED) is 0.780. The normalized spacial score (nSPS) is 11.9. The molecule has 15 heavy (non-hydrogen) atoms. The molecule has 0 saturated heterocycles. The van der Waals surface area contributed by atoms with Crippen LogP contribution in [0.2, 0.25) is 0 Å². The molecule has 1 amide bonds. The maximum absolute atomic E-state index is 11.3. The highest BCUT2D eigenvalue weighted by Gasteiger charge is 2.20. The van der Waals surface area contributed by atoms with Gasteiger partial charge in [0.2, 0.25) is 5.91 Å². The van der Waals surface area contributed by atoms with Gasteiger partial charge in [0.1, 0.15) is 6.04 Å². The van der Waals surface area contributed by atoms with Crippen LogP contribution in [0.1, 0.15) is 11.8 Å². The molecule has 0 aliphatic carbocycles. The summed E-state index contributed by atoms with van der Waals surface area (Å²) in [6.45, 7) is 1.38. The number of carbonyl (C=O) groups is 2. The minimum atomic E-state index is -0.592. The van der Waals surface area contributed by atoms with E-state index in [2.05, 4.69) is 10.1 Å². The standard InChI is InChI=1S/C10H13NO3S/c1-7(12)11-9(10(13)14-2)6-8-4-3-5-15-8/h3-5,9H,6H2,1-2H3,(H,11,12)/t9-/m0/s1. The molecule has 1 heterocycles.